The molecule has 0 bridgehead atoms. The van der Waals surface area contributed by atoms with Crippen molar-refractivity contribution >= 4 is 54.9 Å². The number of hydrogen-bond donors (Lipinski definition) is 0. The van der Waals surface area contributed by atoms with Gasteiger partial charge in [-0.15, -0.1) is 0 Å². The van der Waals surface area contributed by atoms with Crippen LogP contribution >= 0.6 is 43.5 Å². The van der Waals surface area contributed by atoms with Crippen molar-refractivity contribution in [2.24, 2.45) is 5.10 Å². The molecule has 0 amide bonds. The Bertz CT molecular complexity index is 899. The topological polar surface area (TPSA) is 41.4 Å². The van der Waals surface area contributed by atoms with E-state index < -0.39 is 0 Å². The minimum atomic E-state index is 0.542. The molecule has 2 aromatic carbocycles. The van der Waals surface area contributed by atoms with Crippen LogP contribution in [0, 0.1) is 0 Å². The van der Waals surface area contributed by atoms with Crippen LogP contribution in [0.1, 0.15) is 11.4 Å². The smallest absolute Gasteiger partial charge is 0.180 e. The molecule has 0 aliphatic rings. The minimum Gasteiger partial charge on any atom is -0.268 e. The van der Waals surface area contributed by atoms with E-state index in [-0.39, 0.29) is 0 Å². The summed E-state index contributed by atoms with van der Waals surface area (Å²) in [6, 6.07) is 15.3. The van der Waals surface area contributed by atoms with E-state index in [2.05, 4.69) is 41.8 Å². The summed E-state index contributed by atoms with van der Waals surface area (Å²) < 4.78 is 1.81. The molecule has 1 heterocycles. The van der Waals surface area contributed by atoms with E-state index in [0.29, 0.717) is 16.6 Å². The average molecular weight is 481 g/mol. The predicted octanol–water partition coefficient (Wildman–Crippen LogP) is 5.54. The molecule has 0 aliphatic heterocycles. The van der Waals surface area contributed by atoms with Crippen LogP contribution in [0.5, 0.6) is 0 Å². The number of anilines is 1. The lowest BCUT2D eigenvalue weighted by Crippen LogP contribution is -2.17. The summed E-state index contributed by atoms with van der Waals surface area (Å²) in [5, 5.41) is 7.16. The van der Waals surface area contributed by atoms with E-state index in [9.17, 15) is 0 Å². The third-order valence-electron chi connectivity index (χ3n) is 3.42. The van der Waals surface area contributed by atoms with Crippen LogP contribution in [0.15, 0.2) is 75.0 Å². The number of rotatable bonds is 4. The van der Waals surface area contributed by atoms with Crippen molar-refractivity contribution in [2.75, 3.05) is 12.1 Å². The molecule has 1 aromatic heterocycles. The molecule has 0 unspecified atom stereocenters. The Morgan fingerprint density at radius 2 is 1.72 bits per heavy atom. The largest absolute Gasteiger partial charge is 0.268 e. The van der Waals surface area contributed by atoms with E-state index in [4.69, 9.17) is 16.7 Å². The first-order valence-corrected chi connectivity index (χ1v) is 9.32. The van der Waals surface area contributed by atoms with E-state index in [0.717, 1.165) is 20.2 Å². The lowest BCUT2D eigenvalue weighted by molar-refractivity contribution is 1.00. The normalized spacial score (nSPS) is 11.4. The van der Waals surface area contributed by atoms with Gasteiger partial charge in [0.2, 0.25) is 0 Å². The lowest BCUT2D eigenvalue weighted by atomic mass is 10.1. The highest BCUT2D eigenvalue weighted by Gasteiger charge is 2.13. The maximum Gasteiger partial charge on any atom is 0.180 e. The van der Waals surface area contributed by atoms with Crippen LogP contribution in [0.25, 0.3) is 0 Å². The van der Waals surface area contributed by atoms with Crippen LogP contribution in [-0.4, -0.2) is 22.7 Å². The predicted molar refractivity (Wildman–Crippen MR) is 109 cm³/mol. The van der Waals surface area contributed by atoms with Gasteiger partial charge in [0.15, 0.2) is 5.82 Å². The molecule has 0 radical (unpaired) electrons. The van der Waals surface area contributed by atoms with Gasteiger partial charge >= 0.3 is 0 Å². The second kappa shape index (κ2) is 8.08. The Labute approximate surface area is 167 Å². The van der Waals surface area contributed by atoms with Gasteiger partial charge in [-0.2, -0.15) is 5.10 Å². The van der Waals surface area contributed by atoms with Gasteiger partial charge < -0.3 is 0 Å². The third-order valence-corrected chi connectivity index (χ3v) is 5.16. The number of hydrogen-bond acceptors (Lipinski definition) is 4. The van der Waals surface area contributed by atoms with Crippen LogP contribution in [0.3, 0.4) is 0 Å². The molecule has 0 saturated carbocycles. The first-order chi connectivity index (χ1) is 12.0. The monoisotopic (exact) mass is 478 g/mol. The Morgan fingerprint density at radius 1 is 1.04 bits per heavy atom. The molecule has 0 N–H and O–H groups in total. The Kier molecular flexibility index (Phi) is 5.83. The van der Waals surface area contributed by atoms with Gasteiger partial charge in [-0.3, -0.25) is 5.01 Å². The molecule has 3 rings (SSSR count). The third kappa shape index (κ3) is 4.45. The number of nitrogens with zero attached hydrogens (tertiary/aromatic N) is 4. The lowest BCUT2D eigenvalue weighted by Gasteiger charge is -2.16. The Balaban J connectivity index is 2.07. The van der Waals surface area contributed by atoms with Gasteiger partial charge in [-0.1, -0.05) is 33.6 Å². The molecular weight excluding hydrogens is 467 g/mol. The number of aromatic nitrogens is 2. The van der Waals surface area contributed by atoms with Crippen molar-refractivity contribution in [1.82, 2.24) is 9.97 Å². The number of benzene rings is 2. The SMILES string of the molecule is CN(/N=C(\c1ccc(Cl)c(Br)c1)c1ncccn1)c1ccc(Br)cc1. The van der Waals surface area contributed by atoms with E-state index >= 15 is 0 Å². The van der Waals surface area contributed by atoms with Crippen molar-refractivity contribution in [3.63, 3.8) is 0 Å². The second-order valence-corrected chi connectivity index (χ2v) is 7.33. The Morgan fingerprint density at radius 3 is 2.36 bits per heavy atom. The van der Waals surface area contributed by atoms with Gasteiger partial charge in [0.1, 0.15) is 5.71 Å². The fraction of sp³-hybridized carbons (Fsp3) is 0.0556. The average Bonchev–Trinajstić information content (AvgIpc) is 2.63. The molecule has 126 valence electrons. The second-order valence-electron chi connectivity index (χ2n) is 5.15. The zero-order chi connectivity index (χ0) is 17.8. The summed E-state index contributed by atoms with van der Waals surface area (Å²) in [7, 11) is 1.89. The summed E-state index contributed by atoms with van der Waals surface area (Å²) in [4.78, 5) is 8.69. The van der Waals surface area contributed by atoms with E-state index in [1.807, 2.05) is 49.5 Å². The molecule has 0 spiro atoms. The van der Waals surface area contributed by atoms with Crippen molar-refractivity contribution in [3.8, 4) is 0 Å². The van der Waals surface area contributed by atoms with Gasteiger partial charge in [0, 0.05) is 34.0 Å². The van der Waals surface area contributed by atoms with Gasteiger partial charge in [0.05, 0.1) is 10.7 Å². The minimum absolute atomic E-state index is 0.542. The molecule has 0 aliphatic carbocycles. The summed E-state index contributed by atoms with van der Waals surface area (Å²) in [5.41, 5.74) is 2.47. The maximum atomic E-state index is 6.11. The molecule has 3 aromatic rings. The highest BCUT2D eigenvalue weighted by atomic mass is 79.9. The zero-order valence-electron chi connectivity index (χ0n) is 13.2. The standard InChI is InChI=1S/C18H13Br2ClN4/c1-25(14-6-4-13(19)5-7-14)24-17(18-22-9-2-10-23-18)12-3-8-16(21)15(20)11-12/h2-11H,1H3/b24-17+. The van der Waals surface area contributed by atoms with Gasteiger partial charge in [0.25, 0.3) is 0 Å². The zero-order valence-corrected chi connectivity index (χ0v) is 17.1. The van der Waals surface area contributed by atoms with Crippen LogP contribution in [0.4, 0.5) is 5.69 Å². The molecule has 0 fully saturated rings. The van der Waals surface area contributed by atoms with Gasteiger partial charge in [-0.05, 0) is 58.4 Å². The summed E-state index contributed by atoms with van der Waals surface area (Å²) in [6.45, 7) is 0. The first kappa shape index (κ1) is 18.0. The van der Waals surface area contributed by atoms with Crippen molar-refractivity contribution < 1.29 is 0 Å². The molecule has 0 atom stereocenters. The fourth-order valence-corrected chi connectivity index (χ4v) is 2.92. The highest BCUT2D eigenvalue weighted by Crippen LogP contribution is 2.25. The van der Waals surface area contributed by atoms with Crippen molar-refractivity contribution in [3.05, 3.63) is 86.3 Å². The molecular formula is C18H13Br2ClN4. The van der Waals surface area contributed by atoms with Crippen LogP contribution < -0.4 is 5.01 Å². The Hall–Kier alpha value is -1.76. The first-order valence-electron chi connectivity index (χ1n) is 7.35. The molecule has 4 nitrogen and oxygen atoms in total. The van der Waals surface area contributed by atoms with Gasteiger partial charge in [-0.25, -0.2) is 9.97 Å². The molecule has 7 heteroatoms. The van der Waals surface area contributed by atoms with Crippen LogP contribution in [-0.2, 0) is 0 Å². The molecule has 25 heavy (non-hydrogen) atoms. The summed E-state index contributed by atoms with van der Waals surface area (Å²) in [6.07, 6.45) is 3.39. The van der Waals surface area contributed by atoms with Crippen LogP contribution in [0.2, 0.25) is 5.02 Å². The maximum absolute atomic E-state index is 6.11. The molecule has 0 saturated heterocycles. The number of hydrazone groups is 1. The van der Waals surface area contributed by atoms with Crippen molar-refractivity contribution in [1.29, 1.82) is 0 Å². The quantitative estimate of drug-likeness (QED) is 0.364. The number of halogens is 3. The van der Waals surface area contributed by atoms with E-state index in [1.54, 1.807) is 23.5 Å². The summed E-state index contributed by atoms with van der Waals surface area (Å²) >= 11 is 13.0. The summed E-state index contributed by atoms with van der Waals surface area (Å²) in [5.74, 6) is 0.542. The van der Waals surface area contributed by atoms with Crippen molar-refractivity contribution in [2.45, 2.75) is 0 Å². The highest BCUT2D eigenvalue weighted by molar-refractivity contribution is 9.10. The fourth-order valence-electron chi connectivity index (χ4n) is 2.16. The van der Waals surface area contributed by atoms with E-state index in [1.165, 1.54) is 0 Å².